The second kappa shape index (κ2) is 6.60. The van der Waals surface area contributed by atoms with Crippen molar-refractivity contribution in [2.75, 3.05) is 23.8 Å². The number of nitrogens with zero attached hydrogens (tertiary/aromatic N) is 4. The van der Waals surface area contributed by atoms with E-state index in [1.807, 2.05) is 30.1 Å². The number of rotatable bonds is 5. The van der Waals surface area contributed by atoms with Crippen LogP contribution in [0.4, 0.5) is 11.6 Å². The molecule has 20 heavy (non-hydrogen) atoms. The molecule has 0 aliphatic heterocycles. The summed E-state index contributed by atoms with van der Waals surface area (Å²) in [6.07, 6.45) is 4.49. The highest BCUT2D eigenvalue weighted by Gasteiger charge is 2.04. The number of likely N-dealkylation sites (N-methyl/N-ethyl adjacent to an activating group) is 1. The number of carbonyl (C=O) groups is 1. The van der Waals surface area contributed by atoms with E-state index in [2.05, 4.69) is 20.5 Å². The molecule has 0 atom stereocenters. The Morgan fingerprint density at radius 2 is 1.95 bits per heavy atom. The average Bonchev–Trinajstić information content (AvgIpc) is 2.46. The first-order chi connectivity index (χ1) is 9.65. The monoisotopic (exact) mass is 271 g/mol. The van der Waals surface area contributed by atoms with Gasteiger partial charge in [-0.1, -0.05) is 0 Å². The maximum atomic E-state index is 10.9. The molecule has 0 saturated carbocycles. The molecule has 2 rings (SSSR count). The summed E-state index contributed by atoms with van der Waals surface area (Å²) in [6.45, 7) is 2.27. The van der Waals surface area contributed by atoms with Gasteiger partial charge >= 0.3 is 0 Å². The van der Waals surface area contributed by atoms with Crippen molar-refractivity contribution >= 4 is 17.5 Å². The third-order valence-corrected chi connectivity index (χ3v) is 2.83. The largest absolute Gasteiger partial charge is 0.358 e. The topological polar surface area (TPSA) is 71.0 Å². The highest BCUT2D eigenvalue weighted by atomic mass is 16.1. The van der Waals surface area contributed by atoms with Crippen LogP contribution in [0.25, 0.3) is 0 Å². The second-order valence-electron chi connectivity index (χ2n) is 4.48. The van der Waals surface area contributed by atoms with Crippen LogP contribution >= 0.6 is 0 Å². The van der Waals surface area contributed by atoms with Crippen LogP contribution in [0.2, 0.25) is 0 Å². The normalized spacial score (nSPS) is 10.1. The molecule has 2 aromatic heterocycles. The molecule has 2 aromatic rings. The summed E-state index contributed by atoms with van der Waals surface area (Å²) in [4.78, 5) is 16.9. The van der Waals surface area contributed by atoms with Crippen molar-refractivity contribution in [1.82, 2.24) is 15.2 Å². The lowest BCUT2D eigenvalue weighted by molar-refractivity contribution is -0.114. The highest BCUT2D eigenvalue weighted by molar-refractivity contribution is 5.87. The predicted molar refractivity (Wildman–Crippen MR) is 77.5 cm³/mol. The van der Waals surface area contributed by atoms with Crippen LogP contribution in [0.1, 0.15) is 12.5 Å². The zero-order valence-electron chi connectivity index (χ0n) is 11.6. The van der Waals surface area contributed by atoms with Crippen LogP contribution in [0.15, 0.2) is 36.7 Å². The van der Waals surface area contributed by atoms with Gasteiger partial charge in [-0.15, -0.1) is 10.2 Å². The summed E-state index contributed by atoms with van der Waals surface area (Å²) in [7, 11) is 1.96. The molecular weight excluding hydrogens is 254 g/mol. The van der Waals surface area contributed by atoms with Gasteiger partial charge in [-0.25, -0.2) is 0 Å². The predicted octanol–water partition coefficient (Wildman–Crippen LogP) is 1.51. The van der Waals surface area contributed by atoms with Crippen molar-refractivity contribution < 1.29 is 4.79 Å². The van der Waals surface area contributed by atoms with Gasteiger partial charge in [0.15, 0.2) is 11.6 Å². The van der Waals surface area contributed by atoms with Crippen LogP contribution in [0.3, 0.4) is 0 Å². The van der Waals surface area contributed by atoms with Crippen LogP contribution in [0, 0.1) is 0 Å². The van der Waals surface area contributed by atoms with Gasteiger partial charge in [-0.2, -0.15) is 0 Å². The Morgan fingerprint density at radius 1 is 1.20 bits per heavy atom. The zero-order chi connectivity index (χ0) is 14.4. The molecule has 0 fully saturated rings. The molecule has 2 heterocycles. The van der Waals surface area contributed by atoms with Gasteiger partial charge in [0.2, 0.25) is 5.91 Å². The van der Waals surface area contributed by atoms with Crippen LogP contribution in [-0.2, 0) is 11.2 Å². The molecule has 1 N–H and O–H groups in total. The number of aromatic nitrogens is 3. The van der Waals surface area contributed by atoms with E-state index in [0.717, 1.165) is 18.8 Å². The maximum absolute atomic E-state index is 10.9. The lowest BCUT2D eigenvalue weighted by Crippen LogP contribution is -2.22. The number of pyridine rings is 1. The van der Waals surface area contributed by atoms with E-state index in [0.29, 0.717) is 5.82 Å². The third-order valence-electron chi connectivity index (χ3n) is 2.83. The Balaban J connectivity index is 1.92. The summed E-state index contributed by atoms with van der Waals surface area (Å²) in [5, 5.41) is 10.6. The van der Waals surface area contributed by atoms with E-state index in [1.165, 1.54) is 12.5 Å². The number of anilines is 2. The van der Waals surface area contributed by atoms with E-state index < -0.39 is 0 Å². The maximum Gasteiger partial charge on any atom is 0.222 e. The molecule has 0 spiro atoms. The van der Waals surface area contributed by atoms with Gasteiger partial charge in [0.25, 0.3) is 0 Å². The SMILES string of the molecule is CC(=O)Nc1ccc(N(C)CCc2ccncc2)nn1. The van der Waals surface area contributed by atoms with Gasteiger partial charge in [0.1, 0.15) is 0 Å². The minimum Gasteiger partial charge on any atom is -0.358 e. The highest BCUT2D eigenvalue weighted by Crippen LogP contribution is 2.11. The first-order valence-corrected chi connectivity index (χ1v) is 6.36. The van der Waals surface area contributed by atoms with Crippen LogP contribution in [0.5, 0.6) is 0 Å². The molecule has 0 aliphatic rings. The first-order valence-electron chi connectivity index (χ1n) is 6.36. The lowest BCUT2D eigenvalue weighted by Gasteiger charge is -2.17. The summed E-state index contributed by atoms with van der Waals surface area (Å²) in [5.74, 6) is 1.08. The van der Waals surface area contributed by atoms with Crippen molar-refractivity contribution in [3.05, 3.63) is 42.2 Å². The molecule has 0 unspecified atom stereocenters. The Labute approximate surface area is 117 Å². The smallest absolute Gasteiger partial charge is 0.222 e. The molecule has 104 valence electrons. The molecule has 0 radical (unpaired) electrons. The zero-order valence-corrected chi connectivity index (χ0v) is 11.6. The molecule has 0 saturated heterocycles. The number of amides is 1. The average molecular weight is 271 g/mol. The summed E-state index contributed by atoms with van der Waals surface area (Å²) < 4.78 is 0. The van der Waals surface area contributed by atoms with Crippen molar-refractivity contribution in [2.45, 2.75) is 13.3 Å². The Hall–Kier alpha value is -2.50. The van der Waals surface area contributed by atoms with Crippen LogP contribution in [-0.4, -0.2) is 34.7 Å². The third kappa shape index (κ3) is 4.01. The Kier molecular flexibility index (Phi) is 4.60. The molecule has 0 aliphatic carbocycles. The summed E-state index contributed by atoms with van der Waals surface area (Å²) in [6, 6.07) is 7.58. The number of nitrogens with one attached hydrogen (secondary N) is 1. The van der Waals surface area contributed by atoms with E-state index in [-0.39, 0.29) is 5.91 Å². The summed E-state index contributed by atoms with van der Waals surface area (Å²) >= 11 is 0. The minimum absolute atomic E-state index is 0.155. The molecule has 6 nitrogen and oxygen atoms in total. The molecule has 0 bridgehead atoms. The van der Waals surface area contributed by atoms with Crippen molar-refractivity contribution in [3.8, 4) is 0 Å². The molecular formula is C14H17N5O. The van der Waals surface area contributed by atoms with Gasteiger partial charge in [-0.3, -0.25) is 9.78 Å². The van der Waals surface area contributed by atoms with E-state index in [4.69, 9.17) is 0 Å². The first kappa shape index (κ1) is 13.9. The van der Waals surface area contributed by atoms with Crippen molar-refractivity contribution in [1.29, 1.82) is 0 Å². The number of hydrogen-bond donors (Lipinski definition) is 1. The standard InChI is InChI=1S/C14H17N5O/c1-11(20)16-13-3-4-14(18-17-13)19(2)10-7-12-5-8-15-9-6-12/h3-6,8-9H,7,10H2,1-2H3,(H,16,17,20). The van der Waals surface area contributed by atoms with E-state index in [9.17, 15) is 4.79 Å². The quantitative estimate of drug-likeness (QED) is 0.892. The van der Waals surface area contributed by atoms with Gasteiger partial charge in [0.05, 0.1) is 0 Å². The van der Waals surface area contributed by atoms with Gasteiger partial charge in [0, 0.05) is 32.9 Å². The molecule has 1 amide bonds. The summed E-state index contributed by atoms with van der Waals surface area (Å²) in [5.41, 5.74) is 1.23. The number of carbonyl (C=O) groups excluding carboxylic acids is 1. The van der Waals surface area contributed by atoms with Gasteiger partial charge in [-0.05, 0) is 36.2 Å². The van der Waals surface area contributed by atoms with Crippen LogP contribution < -0.4 is 10.2 Å². The Bertz CT molecular complexity index is 556. The van der Waals surface area contributed by atoms with Crippen molar-refractivity contribution in [3.63, 3.8) is 0 Å². The fraction of sp³-hybridized carbons (Fsp3) is 0.286. The second-order valence-corrected chi connectivity index (χ2v) is 4.48. The van der Waals surface area contributed by atoms with E-state index >= 15 is 0 Å². The fourth-order valence-electron chi connectivity index (χ4n) is 1.74. The molecule has 0 aromatic carbocycles. The molecule has 6 heteroatoms. The van der Waals surface area contributed by atoms with Gasteiger partial charge < -0.3 is 10.2 Å². The lowest BCUT2D eigenvalue weighted by atomic mass is 10.2. The Morgan fingerprint density at radius 3 is 2.55 bits per heavy atom. The minimum atomic E-state index is -0.155. The fourth-order valence-corrected chi connectivity index (χ4v) is 1.74. The number of hydrogen-bond acceptors (Lipinski definition) is 5. The van der Waals surface area contributed by atoms with Crippen molar-refractivity contribution in [2.24, 2.45) is 0 Å². The van der Waals surface area contributed by atoms with E-state index in [1.54, 1.807) is 18.5 Å².